The third kappa shape index (κ3) is 3.70. The summed E-state index contributed by atoms with van der Waals surface area (Å²) in [6.45, 7) is 1.81. The fraction of sp³-hybridized carbons (Fsp3) is 0.474. The van der Waals surface area contributed by atoms with Gasteiger partial charge in [0.25, 0.3) is 0 Å². The van der Waals surface area contributed by atoms with E-state index in [0.717, 1.165) is 53.9 Å². The number of hydrogen-bond acceptors (Lipinski definition) is 5. The van der Waals surface area contributed by atoms with Crippen LogP contribution in [0, 0.1) is 0 Å². The van der Waals surface area contributed by atoms with Crippen molar-refractivity contribution < 1.29 is 4.74 Å². The fourth-order valence-electron chi connectivity index (χ4n) is 3.57. The standard InChI is InChI=1S/C19H26N8O/c1-20-19(21-10-18-23-14-6-4-5-7-15(14)26(18)2)22-13-8-9-17-24-16(12-28-3)25-27(17)11-13/h4-7,13H,8-12H2,1-3H3,(H2,20,21,22). The number of aromatic nitrogens is 5. The number of aryl methyl sites for hydroxylation is 2. The third-order valence-corrected chi connectivity index (χ3v) is 5.03. The Labute approximate surface area is 163 Å². The first kappa shape index (κ1) is 18.4. The Kier molecular flexibility index (Phi) is 5.25. The van der Waals surface area contributed by atoms with Gasteiger partial charge in [-0.25, -0.2) is 14.6 Å². The van der Waals surface area contributed by atoms with Crippen molar-refractivity contribution in [1.82, 2.24) is 34.9 Å². The molecular formula is C19H26N8O. The molecule has 2 N–H and O–H groups in total. The first-order chi connectivity index (χ1) is 13.7. The average molecular weight is 382 g/mol. The summed E-state index contributed by atoms with van der Waals surface area (Å²) in [7, 11) is 5.47. The number of hydrogen-bond donors (Lipinski definition) is 2. The van der Waals surface area contributed by atoms with E-state index >= 15 is 0 Å². The quantitative estimate of drug-likeness (QED) is 0.505. The van der Waals surface area contributed by atoms with E-state index < -0.39 is 0 Å². The van der Waals surface area contributed by atoms with E-state index in [0.29, 0.717) is 13.2 Å². The number of nitrogens with zero attached hydrogens (tertiary/aromatic N) is 6. The number of fused-ring (bicyclic) bond motifs is 2. The van der Waals surface area contributed by atoms with E-state index in [1.54, 1.807) is 14.2 Å². The SMILES string of the molecule is CN=C(NCc1nc2ccccc2n1C)NC1CCc2nc(COC)nn2C1. The number of aliphatic imine (C=N–C) groups is 1. The highest BCUT2D eigenvalue weighted by Gasteiger charge is 2.22. The van der Waals surface area contributed by atoms with E-state index in [9.17, 15) is 0 Å². The third-order valence-electron chi connectivity index (χ3n) is 5.03. The van der Waals surface area contributed by atoms with Gasteiger partial charge in [-0.1, -0.05) is 12.1 Å². The molecule has 0 saturated carbocycles. The summed E-state index contributed by atoms with van der Waals surface area (Å²) in [5, 5.41) is 11.4. The predicted octanol–water partition coefficient (Wildman–Crippen LogP) is 0.991. The lowest BCUT2D eigenvalue weighted by Gasteiger charge is -2.25. The molecule has 9 nitrogen and oxygen atoms in total. The van der Waals surface area contributed by atoms with Gasteiger partial charge in [0.15, 0.2) is 11.8 Å². The van der Waals surface area contributed by atoms with Gasteiger partial charge in [0.2, 0.25) is 0 Å². The van der Waals surface area contributed by atoms with Crippen LogP contribution < -0.4 is 10.6 Å². The summed E-state index contributed by atoms with van der Waals surface area (Å²) in [6.07, 6.45) is 1.87. The van der Waals surface area contributed by atoms with Gasteiger partial charge in [-0.15, -0.1) is 0 Å². The van der Waals surface area contributed by atoms with E-state index in [2.05, 4.69) is 36.3 Å². The molecular weight excluding hydrogens is 356 g/mol. The number of benzene rings is 1. The van der Waals surface area contributed by atoms with Gasteiger partial charge in [-0.05, 0) is 18.6 Å². The number of guanidine groups is 1. The topological polar surface area (TPSA) is 94.2 Å². The first-order valence-corrected chi connectivity index (χ1v) is 9.47. The second-order valence-electron chi connectivity index (χ2n) is 6.94. The van der Waals surface area contributed by atoms with Crippen molar-refractivity contribution in [1.29, 1.82) is 0 Å². The molecule has 1 unspecified atom stereocenters. The largest absolute Gasteiger partial charge is 0.377 e. The van der Waals surface area contributed by atoms with Crippen LogP contribution in [0.15, 0.2) is 29.3 Å². The van der Waals surface area contributed by atoms with Gasteiger partial charge in [0.05, 0.1) is 24.1 Å². The highest BCUT2D eigenvalue weighted by Crippen LogP contribution is 2.15. The van der Waals surface area contributed by atoms with Crippen molar-refractivity contribution in [3.8, 4) is 0 Å². The lowest BCUT2D eigenvalue weighted by molar-refractivity contribution is 0.177. The van der Waals surface area contributed by atoms with Gasteiger partial charge in [0, 0.05) is 33.7 Å². The molecule has 3 heterocycles. The lowest BCUT2D eigenvalue weighted by Crippen LogP contribution is -2.47. The minimum absolute atomic E-state index is 0.247. The van der Waals surface area contributed by atoms with Crippen LogP contribution in [-0.4, -0.2) is 50.5 Å². The normalized spacial score (nSPS) is 17.0. The highest BCUT2D eigenvalue weighted by atomic mass is 16.5. The van der Waals surface area contributed by atoms with Gasteiger partial charge in [-0.3, -0.25) is 4.99 Å². The van der Waals surface area contributed by atoms with E-state index in [4.69, 9.17) is 9.72 Å². The number of nitrogens with one attached hydrogen (secondary N) is 2. The molecule has 0 radical (unpaired) electrons. The minimum atomic E-state index is 0.247. The van der Waals surface area contributed by atoms with Crippen molar-refractivity contribution in [2.75, 3.05) is 14.2 Å². The second kappa shape index (κ2) is 7.97. The summed E-state index contributed by atoms with van der Waals surface area (Å²) in [5.41, 5.74) is 2.13. The van der Waals surface area contributed by atoms with Gasteiger partial charge in [-0.2, -0.15) is 5.10 Å². The summed E-state index contributed by atoms with van der Waals surface area (Å²) in [6, 6.07) is 8.39. The van der Waals surface area contributed by atoms with Crippen molar-refractivity contribution in [2.24, 2.45) is 12.0 Å². The van der Waals surface area contributed by atoms with Crippen LogP contribution in [0.3, 0.4) is 0 Å². The van der Waals surface area contributed by atoms with Crippen LogP contribution in [0.5, 0.6) is 0 Å². The zero-order valence-electron chi connectivity index (χ0n) is 16.5. The highest BCUT2D eigenvalue weighted by molar-refractivity contribution is 5.80. The Morgan fingerprint density at radius 1 is 1.32 bits per heavy atom. The van der Waals surface area contributed by atoms with Crippen LogP contribution in [0.25, 0.3) is 11.0 Å². The Hall–Kier alpha value is -2.94. The van der Waals surface area contributed by atoms with Crippen LogP contribution in [-0.2, 0) is 37.9 Å². The molecule has 0 bridgehead atoms. The molecule has 0 aliphatic carbocycles. The summed E-state index contributed by atoms with van der Waals surface area (Å²) >= 11 is 0. The summed E-state index contributed by atoms with van der Waals surface area (Å²) < 4.78 is 9.20. The molecule has 1 aromatic carbocycles. The number of para-hydroxylation sites is 2. The van der Waals surface area contributed by atoms with E-state index in [-0.39, 0.29) is 6.04 Å². The maximum absolute atomic E-state index is 5.13. The molecule has 1 atom stereocenters. The zero-order chi connectivity index (χ0) is 19.5. The maximum Gasteiger partial charge on any atom is 0.191 e. The van der Waals surface area contributed by atoms with Crippen molar-refractivity contribution in [2.45, 2.75) is 38.6 Å². The van der Waals surface area contributed by atoms with Gasteiger partial charge in [0.1, 0.15) is 18.3 Å². The zero-order valence-corrected chi connectivity index (χ0v) is 16.5. The number of rotatable bonds is 5. The van der Waals surface area contributed by atoms with Crippen molar-refractivity contribution in [3.63, 3.8) is 0 Å². The molecule has 1 aliphatic heterocycles. The molecule has 0 spiro atoms. The Balaban J connectivity index is 1.37. The molecule has 1 aliphatic rings. The minimum Gasteiger partial charge on any atom is -0.377 e. The van der Waals surface area contributed by atoms with Crippen LogP contribution in [0.4, 0.5) is 0 Å². The molecule has 148 valence electrons. The molecule has 2 aromatic heterocycles. The predicted molar refractivity (Wildman–Crippen MR) is 107 cm³/mol. The molecule has 0 amide bonds. The molecule has 28 heavy (non-hydrogen) atoms. The Morgan fingerprint density at radius 2 is 2.18 bits per heavy atom. The van der Waals surface area contributed by atoms with E-state index in [1.807, 2.05) is 29.9 Å². The van der Waals surface area contributed by atoms with Crippen LogP contribution >= 0.6 is 0 Å². The van der Waals surface area contributed by atoms with Crippen LogP contribution in [0.1, 0.15) is 23.9 Å². The van der Waals surface area contributed by atoms with Gasteiger partial charge < -0.3 is 19.9 Å². The van der Waals surface area contributed by atoms with Crippen molar-refractivity contribution in [3.05, 3.63) is 41.7 Å². The fourth-order valence-corrected chi connectivity index (χ4v) is 3.57. The molecule has 4 rings (SSSR count). The van der Waals surface area contributed by atoms with Crippen LogP contribution in [0.2, 0.25) is 0 Å². The first-order valence-electron chi connectivity index (χ1n) is 9.47. The van der Waals surface area contributed by atoms with Gasteiger partial charge >= 0.3 is 0 Å². The van der Waals surface area contributed by atoms with Crippen molar-refractivity contribution >= 4 is 17.0 Å². The molecule has 9 heteroatoms. The van der Waals surface area contributed by atoms with E-state index in [1.165, 1.54) is 0 Å². The lowest BCUT2D eigenvalue weighted by atomic mass is 10.1. The monoisotopic (exact) mass is 382 g/mol. The number of methoxy groups -OCH3 is 1. The molecule has 0 fully saturated rings. The second-order valence-corrected chi connectivity index (χ2v) is 6.94. The summed E-state index contributed by atoms with van der Waals surface area (Å²) in [5.74, 6) is 3.49. The Morgan fingerprint density at radius 3 is 2.96 bits per heavy atom. The average Bonchev–Trinajstić information content (AvgIpc) is 3.25. The molecule has 3 aromatic rings. The maximum atomic E-state index is 5.13. The summed E-state index contributed by atoms with van der Waals surface area (Å²) in [4.78, 5) is 13.6. The molecule has 0 saturated heterocycles. The smallest absolute Gasteiger partial charge is 0.191 e. The number of imidazole rings is 1. The number of ether oxygens (including phenoxy) is 1. The Bertz CT molecular complexity index is 989.